The Bertz CT molecular complexity index is 1110. The molecule has 0 bridgehead atoms. The number of rotatable bonds is 9. The fourth-order valence-corrected chi connectivity index (χ4v) is 3.39. The highest BCUT2D eigenvalue weighted by Gasteiger charge is 2.14. The van der Waals surface area contributed by atoms with Crippen molar-refractivity contribution in [3.8, 4) is 11.5 Å². The van der Waals surface area contributed by atoms with Crippen LogP contribution in [-0.4, -0.2) is 25.6 Å². The van der Waals surface area contributed by atoms with E-state index in [0.29, 0.717) is 35.1 Å². The molecule has 0 radical (unpaired) electrons. The Hall–Kier alpha value is -3.80. The van der Waals surface area contributed by atoms with E-state index in [2.05, 4.69) is 25.2 Å². The van der Waals surface area contributed by atoms with Gasteiger partial charge in [-0.2, -0.15) is 0 Å². The van der Waals surface area contributed by atoms with Crippen LogP contribution in [0.3, 0.4) is 0 Å². The molecule has 0 aliphatic carbocycles. The molecular formula is C27H29NO5. The summed E-state index contributed by atoms with van der Waals surface area (Å²) in [6, 6.07) is 19.7. The third-order valence-corrected chi connectivity index (χ3v) is 5.11. The van der Waals surface area contributed by atoms with Crippen LogP contribution in [-0.2, 0) is 11.3 Å². The summed E-state index contributed by atoms with van der Waals surface area (Å²) in [6.45, 7) is 6.94. The Morgan fingerprint density at radius 2 is 1.58 bits per heavy atom. The molecule has 6 heteroatoms. The standard InChI is InChI=1S/C27H29NO5/c1-5-32-24-15-12-20(26(29)28-22-13-10-19(11-14-22)27(30)31-4)16-21(24)17-33-25-9-7-6-8-23(25)18(2)3/h6-16,18H,5,17H2,1-4H3,(H,28,29). The maximum atomic E-state index is 12.8. The minimum absolute atomic E-state index is 0.271. The topological polar surface area (TPSA) is 73.9 Å². The van der Waals surface area contributed by atoms with E-state index in [0.717, 1.165) is 16.9 Å². The van der Waals surface area contributed by atoms with Gasteiger partial charge < -0.3 is 19.5 Å². The highest BCUT2D eigenvalue weighted by molar-refractivity contribution is 6.04. The van der Waals surface area contributed by atoms with E-state index in [4.69, 9.17) is 14.2 Å². The molecule has 0 aliphatic heterocycles. The summed E-state index contributed by atoms with van der Waals surface area (Å²) in [7, 11) is 1.33. The third kappa shape index (κ3) is 6.13. The van der Waals surface area contributed by atoms with Crippen molar-refractivity contribution in [1.29, 1.82) is 0 Å². The number of hydrogen-bond acceptors (Lipinski definition) is 5. The lowest BCUT2D eigenvalue weighted by molar-refractivity contribution is 0.0600. The number of carbonyl (C=O) groups is 2. The van der Waals surface area contributed by atoms with E-state index in [1.807, 2.05) is 25.1 Å². The number of carbonyl (C=O) groups excluding carboxylic acids is 2. The molecule has 33 heavy (non-hydrogen) atoms. The number of amides is 1. The van der Waals surface area contributed by atoms with Crippen molar-refractivity contribution >= 4 is 17.6 Å². The average molecular weight is 448 g/mol. The van der Waals surface area contributed by atoms with Crippen LogP contribution < -0.4 is 14.8 Å². The van der Waals surface area contributed by atoms with Gasteiger partial charge in [0, 0.05) is 16.8 Å². The number of methoxy groups -OCH3 is 1. The van der Waals surface area contributed by atoms with E-state index < -0.39 is 5.97 Å². The summed E-state index contributed by atoms with van der Waals surface area (Å²) < 4.78 is 16.6. The lowest BCUT2D eigenvalue weighted by Crippen LogP contribution is -2.13. The highest BCUT2D eigenvalue weighted by Crippen LogP contribution is 2.28. The van der Waals surface area contributed by atoms with E-state index in [9.17, 15) is 9.59 Å². The van der Waals surface area contributed by atoms with E-state index >= 15 is 0 Å². The second kappa shape index (κ2) is 11.2. The second-order valence-electron chi connectivity index (χ2n) is 7.76. The van der Waals surface area contributed by atoms with Gasteiger partial charge in [-0.25, -0.2) is 4.79 Å². The van der Waals surface area contributed by atoms with Crippen LogP contribution in [0.2, 0.25) is 0 Å². The van der Waals surface area contributed by atoms with Crippen LogP contribution in [0.4, 0.5) is 5.69 Å². The van der Waals surface area contributed by atoms with Crippen LogP contribution >= 0.6 is 0 Å². The van der Waals surface area contributed by atoms with Crippen LogP contribution in [0.15, 0.2) is 66.7 Å². The zero-order valence-electron chi connectivity index (χ0n) is 19.4. The second-order valence-corrected chi connectivity index (χ2v) is 7.76. The highest BCUT2D eigenvalue weighted by atomic mass is 16.5. The fraction of sp³-hybridized carbons (Fsp3) is 0.259. The summed E-state index contributed by atoms with van der Waals surface area (Å²) in [5.74, 6) is 1.13. The first-order valence-corrected chi connectivity index (χ1v) is 10.9. The zero-order valence-corrected chi connectivity index (χ0v) is 19.4. The summed E-state index contributed by atoms with van der Waals surface area (Å²) >= 11 is 0. The minimum Gasteiger partial charge on any atom is -0.493 e. The first-order valence-electron chi connectivity index (χ1n) is 10.9. The molecule has 0 aliphatic rings. The van der Waals surface area contributed by atoms with E-state index in [1.165, 1.54) is 7.11 Å². The van der Waals surface area contributed by atoms with E-state index in [1.54, 1.807) is 42.5 Å². The van der Waals surface area contributed by atoms with Gasteiger partial charge in [0.2, 0.25) is 0 Å². The molecule has 0 atom stereocenters. The monoisotopic (exact) mass is 447 g/mol. The SMILES string of the molecule is CCOc1ccc(C(=O)Nc2ccc(C(=O)OC)cc2)cc1COc1ccccc1C(C)C. The summed E-state index contributed by atoms with van der Waals surface area (Å²) in [5.41, 5.74) is 3.37. The Morgan fingerprint density at radius 3 is 2.24 bits per heavy atom. The lowest BCUT2D eigenvalue weighted by Gasteiger charge is -2.16. The molecule has 1 amide bonds. The molecular weight excluding hydrogens is 418 g/mol. The predicted molar refractivity (Wildman–Crippen MR) is 128 cm³/mol. The molecule has 0 heterocycles. The molecule has 3 aromatic rings. The summed E-state index contributed by atoms with van der Waals surface area (Å²) in [5, 5.41) is 2.85. The minimum atomic E-state index is -0.428. The van der Waals surface area contributed by atoms with Crippen LogP contribution in [0.1, 0.15) is 58.5 Å². The molecule has 0 spiro atoms. The van der Waals surface area contributed by atoms with Crippen molar-refractivity contribution in [2.24, 2.45) is 0 Å². The maximum Gasteiger partial charge on any atom is 0.337 e. The molecule has 0 saturated carbocycles. The first-order chi connectivity index (χ1) is 15.9. The number of nitrogens with one attached hydrogen (secondary N) is 1. The van der Waals surface area contributed by atoms with Crippen molar-refractivity contribution in [3.63, 3.8) is 0 Å². The van der Waals surface area contributed by atoms with Crippen molar-refractivity contribution in [1.82, 2.24) is 0 Å². The molecule has 172 valence electrons. The van der Waals surface area contributed by atoms with Crippen molar-refractivity contribution in [3.05, 3.63) is 89.0 Å². The molecule has 0 fully saturated rings. The number of para-hydroxylation sites is 1. The normalized spacial score (nSPS) is 10.6. The Labute approximate surface area is 194 Å². The first kappa shape index (κ1) is 23.9. The largest absolute Gasteiger partial charge is 0.493 e. The molecule has 1 N–H and O–H groups in total. The van der Waals surface area contributed by atoms with Crippen molar-refractivity contribution in [2.45, 2.75) is 33.3 Å². The van der Waals surface area contributed by atoms with Gasteiger partial charge in [0.15, 0.2) is 0 Å². The van der Waals surface area contributed by atoms with Gasteiger partial charge in [0.1, 0.15) is 18.1 Å². The van der Waals surface area contributed by atoms with Crippen molar-refractivity contribution in [2.75, 3.05) is 19.0 Å². The Morgan fingerprint density at radius 1 is 0.879 bits per heavy atom. The number of hydrogen-bond donors (Lipinski definition) is 1. The van der Waals surface area contributed by atoms with Gasteiger partial charge in [-0.1, -0.05) is 32.0 Å². The Balaban J connectivity index is 1.78. The van der Waals surface area contributed by atoms with Gasteiger partial charge in [0.25, 0.3) is 5.91 Å². The van der Waals surface area contributed by atoms with Gasteiger partial charge in [0.05, 0.1) is 19.3 Å². The van der Waals surface area contributed by atoms with Gasteiger partial charge in [-0.15, -0.1) is 0 Å². The number of anilines is 1. The van der Waals surface area contributed by atoms with Crippen LogP contribution in [0, 0.1) is 0 Å². The molecule has 0 aromatic heterocycles. The Kier molecular flexibility index (Phi) is 8.08. The molecule has 6 nitrogen and oxygen atoms in total. The number of esters is 1. The van der Waals surface area contributed by atoms with Gasteiger partial charge in [-0.3, -0.25) is 4.79 Å². The smallest absolute Gasteiger partial charge is 0.337 e. The maximum absolute atomic E-state index is 12.8. The molecule has 3 aromatic carbocycles. The molecule has 3 rings (SSSR count). The lowest BCUT2D eigenvalue weighted by atomic mass is 10.0. The third-order valence-electron chi connectivity index (χ3n) is 5.11. The predicted octanol–water partition coefficient (Wildman–Crippen LogP) is 5.83. The van der Waals surface area contributed by atoms with Gasteiger partial charge >= 0.3 is 5.97 Å². The van der Waals surface area contributed by atoms with Gasteiger partial charge in [-0.05, 0) is 66.9 Å². The van der Waals surface area contributed by atoms with Crippen molar-refractivity contribution < 1.29 is 23.8 Å². The summed E-state index contributed by atoms with van der Waals surface area (Å²) in [6.07, 6.45) is 0. The molecule has 0 saturated heterocycles. The van der Waals surface area contributed by atoms with E-state index in [-0.39, 0.29) is 12.5 Å². The summed E-state index contributed by atoms with van der Waals surface area (Å²) in [4.78, 5) is 24.4. The average Bonchev–Trinajstić information content (AvgIpc) is 2.83. The zero-order chi connectivity index (χ0) is 23.8. The quantitative estimate of drug-likeness (QED) is 0.418. The fourth-order valence-electron chi connectivity index (χ4n) is 3.39. The number of benzene rings is 3. The van der Waals surface area contributed by atoms with Crippen LogP contribution in [0.5, 0.6) is 11.5 Å². The van der Waals surface area contributed by atoms with Crippen LogP contribution in [0.25, 0.3) is 0 Å². The molecule has 0 unspecified atom stereocenters. The number of ether oxygens (including phenoxy) is 3.